The first kappa shape index (κ1) is 97.2. The molecule has 0 bridgehead atoms. The van der Waals surface area contributed by atoms with Crippen LogP contribution in [0.15, 0.2) is 497 Å². The van der Waals surface area contributed by atoms with Crippen LogP contribution < -0.4 is 0 Å². The van der Waals surface area contributed by atoms with Crippen LogP contribution in [0.2, 0.25) is 0 Å². The second-order valence-electron chi connectivity index (χ2n) is 37.6. The lowest BCUT2D eigenvalue weighted by Gasteiger charge is -2.36. The Morgan fingerprint density at radius 1 is 0.145 bits per heavy atom. The molecule has 0 atom stereocenters. The molecule has 26 aromatic carbocycles. The molecule has 2 aliphatic carbocycles. The second-order valence-corrected chi connectivity index (χ2v) is 37.6. The van der Waals surface area contributed by atoms with Gasteiger partial charge in [0.25, 0.3) is 0 Å². The highest BCUT2D eigenvalue weighted by molar-refractivity contribution is 6.39. The van der Waals surface area contributed by atoms with E-state index in [1.54, 1.807) is 0 Å². The third-order valence-corrected chi connectivity index (χ3v) is 29.1. The fourth-order valence-corrected chi connectivity index (χ4v) is 23.1. The van der Waals surface area contributed by atoms with Gasteiger partial charge >= 0.3 is 0 Å². The summed E-state index contributed by atoms with van der Waals surface area (Å²) in [7, 11) is 0. The van der Waals surface area contributed by atoms with Crippen LogP contribution in [0.25, 0.3) is 173 Å². The quantitative estimate of drug-likeness (QED) is 0.122. The summed E-state index contributed by atoms with van der Waals surface area (Å²) in [4.78, 5) is 0. The summed E-state index contributed by atoms with van der Waals surface area (Å²) in [6, 6.07) is 181. The molecule has 0 heteroatoms. The maximum Gasteiger partial charge on any atom is 0.0718 e. The number of rotatable bonds is 4. The lowest BCUT2D eigenvalue weighted by atomic mass is 9.65. The van der Waals surface area contributed by atoms with Gasteiger partial charge in [-0.2, -0.15) is 0 Å². The fourth-order valence-electron chi connectivity index (χ4n) is 23.1. The molecule has 0 N–H and O–H groups in total. The van der Waals surface area contributed by atoms with Crippen molar-refractivity contribution >= 4 is 151 Å². The molecule has 0 unspecified atom stereocenters. The standard InChI is InChI=1S/C32H26.C27H22.C26H16.C19H14.C18H12.C14H10.C3H8.3C2H6/c1-21-16-18-26-30(20-21)32(27-14-8-4-10-22(27)2,28-15-9-5-11-23(28)3)29-19-17-24-12-6-7-13-25(24)31(26)29;1-19-11-3-7-15-23(19)27(24-16-8-4-12-20(24)2)25-17-9-5-13-21(25)22-14-6-10-18-26(22)27;1-5-13-21-17(9-1)18-10-2-6-14-22(18)26-24-16-8-4-12-20(24)19-11-3-7-15-23(19)25(21)26;1-13-12-19-16-8-3-2-6-14(16)10-11-18(19)17-9-5-4-7-15(13)17;1-2-7-15-12-18-16(11-14(15)6-1)10-9-13-5-3-4-8-17(13)18;1-2-6-12-10-14-8-4-3-7-13(14)9-11(12)5-1;1-3-2;3*1-2/h4-20H,1-3H3;3-18H,1-2H3;1-16H;2-12H,1H3;1-12H;1-10H;3H2,1-2H3;3*1-2H3. The number of hydrogen-bond donors (Lipinski definition) is 0. The average Bonchev–Trinajstić information content (AvgIpc) is 1.53. The molecule has 0 amide bonds. The van der Waals surface area contributed by atoms with Crippen LogP contribution in [-0.2, 0) is 10.8 Å². The van der Waals surface area contributed by atoms with E-state index >= 15 is 0 Å². The SMILES string of the molecule is CC.CC.CC.CCC.Cc1cc2c3ccccc3ccc2c2ccccc12.Cc1ccc2c(c1)C(c1ccccc1C)(c1ccccc1C)c1ccc3ccccc3c1-2.Cc1ccccc1C1(c2ccccc2C)c2ccccc2-c2ccccc21.c1ccc2c(c1)c1ccccc1c1c3ccccc3c3ccccc3c21.c1ccc2cc3c(ccc4ccccc43)cc2c1.c1ccc2cc3ccccc3cc2c1. The van der Waals surface area contributed by atoms with E-state index in [1.165, 1.54) is 257 Å². The Labute approximate surface area is 856 Å². The summed E-state index contributed by atoms with van der Waals surface area (Å²) in [5, 5.41) is 37.2. The minimum absolute atomic E-state index is 0.274. The molecule has 145 heavy (non-hydrogen) atoms. The molecule has 0 heterocycles. The summed E-state index contributed by atoms with van der Waals surface area (Å²) < 4.78 is 0. The van der Waals surface area contributed by atoms with Crippen molar-refractivity contribution in [2.24, 2.45) is 0 Å². The van der Waals surface area contributed by atoms with Crippen molar-refractivity contribution in [2.75, 3.05) is 0 Å². The summed E-state index contributed by atoms with van der Waals surface area (Å²) in [5.41, 5.74) is 23.8. The number of aryl methyl sites for hydroxylation is 6. The predicted molar refractivity (Wildman–Crippen MR) is 637 cm³/mol. The first-order valence-electron chi connectivity index (χ1n) is 52.1. The van der Waals surface area contributed by atoms with E-state index in [1.807, 2.05) is 41.5 Å². The Morgan fingerprint density at radius 2 is 0.400 bits per heavy atom. The Balaban J connectivity index is 0.000000110. The highest BCUT2D eigenvalue weighted by atomic mass is 14.5. The average molecular weight is 1870 g/mol. The van der Waals surface area contributed by atoms with Crippen LogP contribution in [0, 0.1) is 41.5 Å². The normalized spacial score (nSPS) is 11.9. The van der Waals surface area contributed by atoms with Crippen molar-refractivity contribution in [1.29, 1.82) is 0 Å². The predicted octanol–water partition coefficient (Wildman–Crippen LogP) is 41.3. The minimum atomic E-state index is -0.336. The molecular weight excluding hydrogens is 1740 g/mol. The molecule has 0 saturated carbocycles. The Hall–Kier alpha value is -16.6. The van der Waals surface area contributed by atoms with Gasteiger partial charge in [0, 0.05) is 0 Å². The van der Waals surface area contributed by atoms with Gasteiger partial charge in [-0.3, -0.25) is 0 Å². The van der Waals surface area contributed by atoms with Gasteiger partial charge < -0.3 is 0 Å². The van der Waals surface area contributed by atoms with Crippen molar-refractivity contribution in [3.05, 3.63) is 575 Å². The van der Waals surface area contributed by atoms with Gasteiger partial charge in [-0.05, 0) is 311 Å². The molecule has 0 nitrogen and oxygen atoms in total. The van der Waals surface area contributed by atoms with Gasteiger partial charge in [0.2, 0.25) is 0 Å². The Kier molecular flexibility index (Phi) is 29.1. The lowest BCUT2D eigenvalue weighted by Crippen LogP contribution is -2.30. The summed E-state index contributed by atoms with van der Waals surface area (Å²) in [5.74, 6) is 0. The highest BCUT2D eigenvalue weighted by Crippen LogP contribution is 2.61. The molecule has 0 aromatic heterocycles. The number of hydrogen-bond acceptors (Lipinski definition) is 0. The van der Waals surface area contributed by atoms with E-state index in [0.717, 1.165) is 0 Å². The summed E-state index contributed by atoms with van der Waals surface area (Å²) in [6.45, 7) is 29.6. The number of benzene rings is 26. The largest absolute Gasteiger partial charge is 0.0718 e. The van der Waals surface area contributed by atoms with Gasteiger partial charge in [-0.15, -0.1) is 0 Å². The maximum atomic E-state index is 2.42. The topological polar surface area (TPSA) is 0 Å². The smallest absolute Gasteiger partial charge is 0.0683 e. The molecule has 0 radical (unpaired) electrons. The van der Waals surface area contributed by atoms with Crippen LogP contribution in [0.5, 0.6) is 0 Å². The zero-order valence-electron chi connectivity index (χ0n) is 86.0. The minimum Gasteiger partial charge on any atom is -0.0683 e. The lowest BCUT2D eigenvalue weighted by molar-refractivity contribution is 0.753. The molecule has 0 saturated heterocycles. The highest BCUT2D eigenvalue weighted by Gasteiger charge is 2.49. The van der Waals surface area contributed by atoms with Gasteiger partial charge in [0.05, 0.1) is 10.8 Å². The molecule has 0 aliphatic heterocycles. The molecule has 2 aliphatic rings. The van der Waals surface area contributed by atoms with E-state index in [9.17, 15) is 0 Å². The summed E-state index contributed by atoms with van der Waals surface area (Å²) >= 11 is 0. The van der Waals surface area contributed by atoms with E-state index < -0.39 is 0 Å². The number of fused-ring (bicyclic) bond motifs is 30. The second kappa shape index (κ2) is 43.4. The first-order chi connectivity index (χ1) is 71.4. The third-order valence-electron chi connectivity index (χ3n) is 29.1. The molecule has 0 spiro atoms. The van der Waals surface area contributed by atoms with E-state index in [2.05, 4.69) is 553 Å². The van der Waals surface area contributed by atoms with E-state index in [0.29, 0.717) is 0 Å². The van der Waals surface area contributed by atoms with Gasteiger partial charge in [-0.25, -0.2) is 0 Å². The maximum absolute atomic E-state index is 2.42. The van der Waals surface area contributed by atoms with Crippen molar-refractivity contribution in [3.8, 4) is 22.3 Å². The van der Waals surface area contributed by atoms with Crippen molar-refractivity contribution < 1.29 is 0 Å². The van der Waals surface area contributed by atoms with Crippen molar-refractivity contribution in [2.45, 2.75) is 114 Å². The summed E-state index contributed by atoms with van der Waals surface area (Å²) in [6.07, 6.45) is 1.25. The van der Waals surface area contributed by atoms with E-state index in [4.69, 9.17) is 0 Å². The molecule has 28 rings (SSSR count). The van der Waals surface area contributed by atoms with E-state index in [-0.39, 0.29) is 10.8 Å². The first-order valence-corrected chi connectivity index (χ1v) is 52.1. The van der Waals surface area contributed by atoms with Crippen molar-refractivity contribution in [1.82, 2.24) is 0 Å². The van der Waals surface area contributed by atoms with Crippen LogP contribution in [0.1, 0.15) is 140 Å². The molecule has 0 fully saturated rings. The zero-order valence-corrected chi connectivity index (χ0v) is 86.0. The zero-order chi connectivity index (χ0) is 100. The fraction of sp³-hybridized carbons (Fsp3) is 0.117. The Bertz CT molecular complexity index is 8760. The van der Waals surface area contributed by atoms with Gasteiger partial charge in [-0.1, -0.05) is 541 Å². The third kappa shape index (κ3) is 17.9. The van der Waals surface area contributed by atoms with Gasteiger partial charge in [0.1, 0.15) is 0 Å². The van der Waals surface area contributed by atoms with Crippen LogP contribution in [-0.4, -0.2) is 0 Å². The molecule has 706 valence electrons. The van der Waals surface area contributed by atoms with Crippen molar-refractivity contribution in [3.63, 3.8) is 0 Å². The van der Waals surface area contributed by atoms with Crippen LogP contribution in [0.3, 0.4) is 0 Å². The molecule has 26 aromatic rings. The Morgan fingerprint density at radius 3 is 0.786 bits per heavy atom. The molecular formula is C145H126. The monoisotopic (exact) mass is 1870 g/mol. The van der Waals surface area contributed by atoms with Crippen LogP contribution >= 0.6 is 0 Å². The van der Waals surface area contributed by atoms with Crippen LogP contribution in [0.4, 0.5) is 0 Å². The van der Waals surface area contributed by atoms with Gasteiger partial charge in [0.15, 0.2) is 0 Å².